The molecule has 0 aromatic rings. The zero-order valence-electron chi connectivity index (χ0n) is 13.3. The van der Waals surface area contributed by atoms with Gasteiger partial charge in [0.2, 0.25) is 17.7 Å². The molecule has 0 bridgehead atoms. The van der Waals surface area contributed by atoms with Gasteiger partial charge < -0.3 is 19.9 Å². The minimum absolute atomic E-state index is 0.00926. The van der Waals surface area contributed by atoms with Crippen LogP contribution in [0, 0.1) is 0 Å². The van der Waals surface area contributed by atoms with Gasteiger partial charge in [-0.3, -0.25) is 19.3 Å². The number of hydrogen-bond acceptors (Lipinski definition) is 5. The second-order valence-corrected chi connectivity index (χ2v) is 6.25. The Balaban J connectivity index is 1.42. The Kier molecular flexibility index (Phi) is 5.12. The van der Waals surface area contributed by atoms with E-state index >= 15 is 0 Å². The predicted molar refractivity (Wildman–Crippen MR) is 81.6 cm³/mol. The molecule has 0 saturated carbocycles. The quantitative estimate of drug-likeness (QED) is 0.667. The summed E-state index contributed by atoms with van der Waals surface area (Å²) in [5, 5.41) is 2.72. The highest BCUT2D eigenvalue weighted by Crippen LogP contribution is 2.12. The first-order valence-electron chi connectivity index (χ1n) is 8.29. The Morgan fingerprint density at radius 2 is 1.74 bits per heavy atom. The first-order valence-corrected chi connectivity index (χ1v) is 8.29. The third-order valence-electron chi connectivity index (χ3n) is 4.70. The summed E-state index contributed by atoms with van der Waals surface area (Å²) in [6.45, 7) is 5.58. The van der Waals surface area contributed by atoms with Gasteiger partial charge in [0.15, 0.2) is 0 Å². The van der Waals surface area contributed by atoms with Crippen molar-refractivity contribution in [2.24, 2.45) is 0 Å². The Morgan fingerprint density at radius 3 is 2.35 bits per heavy atom. The molecule has 8 heteroatoms. The molecule has 3 saturated heterocycles. The number of carbonyl (C=O) groups is 3. The molecule has 0 radical (unpaired) electrons. The number of carbonyl (C=O) groups excluding carboxylic acids is 3. The van der Waals surface area contributed by atoms with Crippen LogP contribution in [0.1, 0.15) is 12.8 Å². The largest absolute Gasteiger partial charge is 0.378 e. The lowest BCUT2D eigenvalue weighted by Gasteiger charge is -2.36. The molecule has 0 aromatic heterocycles. The van der Waals surface area contributed by atoms with E-state index in [0.717, 1.165) is 0 Å². The summed E-state index contributed by atoms with van der Waals surface area (Å²) < 4.78 is 5.26. The summed E-state index contributed by atoms with van der Waals surface area (Å²) in [7, 11) is 0. The van der Waals surface area contributed by atoms with Gasteiger partial charge >= 0.3 is 0 Å². The summed E-state index contributed by atoms with van der Waals surface area (Å²) >= 11 is 0. The molecule has 0 unspecified atom stereocenters. The number of ether oxygens (including phenoxy) is 1. The molecule has 3 amide bonds. The summed E-state index contributed by atoms with van der Waals surface area (Å²) in [4.78, 5) is 41.5. The van der Waals surface area contributed by atoms with Crippen molar-refractivity contribution in [1.29, 1.82) is 0 Å². The molecule has 3 rings (SSSR count). The standard InChI is InChI=1S/C15H24N4O4/c20-13-2-1-12(16-13)15(22)19-5-3-17(4-6-19)11-14(21)18-7-9-23-10-8-18/h12H,1-11H2,(H,16,20)/t12-/m1/s1. The Labute approximate surface area is 135 Å². The molecule has 1 atom stereocenters. The van der Waals surface area contributed by atoms with Crippen LogP contribution < -0.4 is 5.32 Å². The van der Waals surface area contributed by atoms with E-state index < -0.39 is 0 Å². The first kappa shape index (κ1) is 16.2. The Bertz CT molecular complexity index is 470. The number of nitrogens with zero attached hydrogens (tertiary/aromatic N) is 3. The Morgan fingerprint density at radius 1 is 1.04 bits per heavy atom. The fourth-order valence-corrected chi connectivity index (χ4v) is 3.25. The van der Waals surface area contributed by atoms with Crippen LogP contribution in [0.3, 0.4) is 0 Å². The van der Waals surface area contributed by atoms with Crippen LogP contribution in [0.25, 0.3) is 0 Å². The molecule has 3 fully saturated rings. The van der Waals surface area contributed by atoms with Gasteiger partial charge in [0.25, 0.3) is 0 Å². The average Bonchev–Trinajstić information content (AvgIpc) is 3.02. The number of hydrogen-bond donors (Lipinski definition) is 1. The van der Waals surface area contributed by atoms with E-state index in [1.807, 2.05) is 4.90 Å². The lowest BCUT2D eigenvalue weighted by Crippen LogP contribution is -2.55. The number of nitrogens with one attached hydrogen (secondary N) is 1. The van der Waals surface area contributed by atoms with Crippen molar-refractivity contribution in [3.05, 3.63) is 0 Å². The van der Waals surface area contributed by atoms with Gasteiger partial charge in [0.05, 0.1) is 19.8 Å². The number of rotatable bonds is 3. The minimum atomic E-state index is -0.357. The second-order valence-electron chi connectivity index (χ2n) is 6.25. The third-order valence-corrected chi connectivity index (χ3v) is 4.70. The van der Waals surface area contributed by atoms with E-state index in [2.05, 4.69) is 10.2 Å². The van der Waals surface area contributed by atoms with E-state index in [1.54, 1.807) is 4.90 Å². The fraction of sp³-hybridized carbons (Fsp3) is 0.800. The number of amides is 3. The van der Waals surface area contributed by atoms with Crippen molar-refractivity contribution < 1.29 is 19.1 Å². The van der Waals surface area contributed by atoms with Gasteiger partial charge in [-0.25, -0.2) is 0 Å². The summed E-state index contributed by atoms with van der Waals surface area (Å²) in [6.07, 6.45) is 1.03. The van der Waals surface area contributed by atoms with Crippen LogP contribution in [0.15, 0.2) is 0 Å². The van der Waals surface area contributed by atoms with E-state index in [-0.39, 0.29) is 23.8 Å². The van der Waals surface area contributed by atoms with Gasteiger partial charge in [0.1, 0.15) is 6.04 Å². The van der Waals surface area contributed by atoms with Gasteiger partial charge in [-0.1, -0.05) is 0 Å². The molecule has 1 N–H and O–H groups in total. The highest BCUT2D eigenvalue weighted by molar-refractivity contribution is 5.90. The van der Waals surface area contributed by atoms with Gasteiger partial charge in [-0.15, -0.1) is 0 Å². The number of piperazine rings is 1. The van der Waals surface area contributed by atoms with Crippen molar-refractivity contribution in [1.82, 2.24) is 20.0 Å². The zero-order valence-corrected chi connectivity index (χ0v) is 13.3. The van der Waals surface area contributed by atoms with Crippen molar-refractivity contribution >= 4 is 17.7 Å². The van der Waals surface area contributed by atoms with Gasteiger partial charge in [0, 0.05) is 45.7 Å². The minimum Gasteiger partial charge on any atom is -0.378 e. The molecule has 8 nitrogen and oxygen atoms in total. The highest BCUT2D eigenvalue weighted by Gasteiger charge is 2.32. The molecule has 3 heterocycles. The summed E-state index contributed by atoms with van der Waals surface area (Å²) in [5.74, 6) is 0.101. The van der Waals surface area contributed by atoms with Crippen molar-refractivity contribution in [2.75, 3.05) is 59.0 Å². The molecule has 23 heavy (non-hydrogen) atoms. The molecule has 0 aliphatic carbocycles. The fourth-order valence-electron chi connectivity index (χ4n) is 3.25. The smallest absolute Gasteiger partial charge is 0.245 e. The maximum absolute atomic E-state index is 12.3. The summed E-state index contributed by atoms with van der Waals surface area (Å²) in [5.41, 5.74) is 0. The van der Waals surface area contributed by atoms with E-state index in [1.165, 1.54) is 0 Å². The molecule has 3 aliphatic heterocycles. The van der Waals surface area contributed by atoms with Gasteiger partial charge in [-0.05, 0) is 6.42 Å². The normalized spacial score (nSPS) is 26.3. The second kappa shape index (κ2) is 7.27. The van der Waals surface area contributed by atoms with Crippen molar-refractivity contribution in [2.45, 2.75) is 18.9 Å². The predicted octanol–water partition coefficient (Wildman–Crippen LogP) is -1.73. The molecule has 128 valence electrons. The third kappa shape index (κ3) is 4.00. The molecule has 0 aromatic carbocycles. The van der Waals surface area contributed by atoms with Gasteiger partial charge in [-0.2, -0.15) is 0 Å². The van der Waals surface area contributed by atoms with Crippen LogP contribution in [-0.2, 0) is 19.1 Å². The Hall–Kier alpha value is -1.67. The molecule has 0 spiro atoms. The van der Waals surface area contributed by atoms with Crippen molar-refractivity contribution in [3.8, 4) is 0 Å². The molecule has 3 aliphatic rings. The maximum Gasteiger partial charge on any atom is 0.245 e. The van der Waals surface area contributed by atoms with E-state index in [4.69, 9.17) is 4.74 Å². The van der Waals surface area contributed by atoms with Crippen molar-refractivity contribution in [3.63, 3.8) is 0 Å². The summed E-state index contributed by atoms with van der Waals surface area (Å²) in [6, 6.07) is -0.357. The van der Waals surface area contributed by atoms with Crippen LogP contribution in [0.5, 0.6) is 0 Å². The van der Waals surface area contributed by atoms with E-state index in [9.17, 15) is 14.4 Å². The highest BCUT2D eigenvalue weighted by atomic mass is 16.5. The first-order chi connectivity index (χ1) is 11.1. The topological polar surface area (TPSA) is 82.2 Å². The maximum atomic E-state index is 12.3. The molecular weight excluding hydrogens is 300 g/mol. The number of morpholine rings is 1. The van der Waals surface area contributed by atoms with Crippen LogP contribution in [-0.4, -0.2) is 97.5 Å². The SMILES string of the molecule is O=C1CC[C@H](C(=O)N2CCN(CC(=O)N3CCOCC3)CC2)N1. The molecular formula is C15H24N4O4. The van der Waals surface area contributed by atoms with Crippen LogP contribution in [0.2, 0.25) is 0 Å². The monoisotopic (exact) mass is 324 g/mol. The van der Waals surface area contributed by atoms with Crippen LogP contribution in [0.4, 0.5) is 0 Å². The average molecular weight is 324 g/mol. The lowest BCUT2D eigenvalue weighted by atomic mass is 10.2. The van der Waals surface area contributed by atoms with E-state index in [0.29, 0.717) is 71.9 Å². The lowest BCUT2D eigenvalue weighted by molar-refractivity contribution is -0.139. The van der Waals surface area contributed by atoms with Crippen LogP contribution >= 0.6 is 0 Å². The zero-order chi connectivity index (χ0) is 16.2.